The van der Waals surface area contributed by atoms with E-state index in [1.165, 1.54) is 17.4 Å². The van der Waals surface area contributed by atoms with E-state index < -0.39 is 4.92 Å². The Morgan fingerprint density at radius 2 is 2.08 bits per heavy atom. The maximum Gasteiger partial charge on any atom is 0.276 e. The van der Waals surface area contributed by atoms with Crippen LogP contribution in [0.15, 0.2) is 29.1 Å². The van der Waals surface area contributed by atoms with Gasteiger partial charge in [-0.3, -0.25) is 19.5 Å². The first-order valence-electron chi connectivity index (χ1n) is 7.92. The van der Waals surface area contributed by atoms with Crippen LogP contribution in [0.5, 0.6) is 0 Å². The Labute approximate surface area is 147 Å². The second kappa shape index (κ2) is 5.63. The summed E-state index contributed by atoms with van der Waals surface area (Å²) >= 11 is 1.52. The summed E-state index contributed by atoms with van der Waals surface area (Å²) in [6.07, 6.45) is 2.42. The van der Waals surface area contributed by atoms with Crippen LogP contribution in [0.3, 0.4) is 0 Å². The average molecular weight is 353 g/mol. The first kappa shape index (κ1) is 15.7. The van der Waals surface area contributed by atoms with Crippen molar-refractivity contribution in [1.82, 2.24) is 9.55 Å². The lowest BCUT2D eigenvalue weighted by atomic mass is 10.1. The molecule has 0 radical (unpaired) electrons. The molecule has 0 atom stereocenters. The van der Waals surface area contributed by atoms with Gasteiger partial charge in [0.2, 0.25) is 0 Å². The van der Waals surface area contributed by atoms with Crippen LogP contribution in [0.2, 0.25) is 0 Å². The predicted molar refractivity (Wildman–Crippen MR) is 98.9 cm³/mol. The van der Waals surface area contributed by atoms with Crippen molar-refractivity contribution in [3.63, 3.8) is 0 Å². The van der Waals surface area contributed by atoms with Crippen LogP contribution in [0, 0.1) is 24.0 Å². The van der Waals surface area contributed by atoms with E-state index >= 15 is 0 Å². The summed E-state index contributed by atoms with van der Waals surface area (Å²) < 4.78 is 1.68. The molecule has 2 aromatic heterocycles. The fourth-order valence-electron chi connectivity index (χ4n) is 3.22. The highest BCUT2D eigenvalue weighted by molar-refractivity contribution is 7.18. The summed E-state index contributed by atoms with van der Waals surface area (Å²) in [5, 5.41) is 11.9. The van der Waals surface area contributed by atoms with E-state index in [-0.39, 0.29) is 11.2 Å². The number of allylic oxidation sites excluding steroid dienone is 1. The number of aromatic nitrogens is 2. The molecule has 0 amide bonds. The normalized spacial score (nSPS) is 15.0. The van der Waals surface area contributed by atoms with Crippen molar-refractivity contribution in [2.75, 3.05) is 0 Å². The zero-order chi connectivity index (χ0) is 17.7. The Bertz CT molecular complexity index is 1120. The lowest BCUT2D eigenvalue weighted by molar-refractivity contribution is -0.385. The van der Waals surface area contributed by atoms with Gasteiger partial charge >= 0.3 is 0 Å². The molecule has 0 bridgehead atoms. The highest BCUT2D eigenvalue weighted by Crippen LogP contribution is 2.33. The van der Waals surface area contributed by atoms with Gasteiger partial charge in [0.1, 0.15) is 10.7 Å². The third-order valence-corrected chi connectivity index (χ3v) is 5.75. The number of aryl methyl sites for hydroxylation is 2. The lowest BCUT2D eigenvalue weighted by Gasteiger charge is -2.04. The number of fused-ring (bicyclic) bond motifs is 2. The molecule has 0 fully saturated rings. The molecule has 0 saturated heterocycles. The fraction of sp³-hybridized carbons (Fsp3) is 0.222. The van der Waals surface area contributed by atoms with Gasteiger partial charge < -0.3 is 0 Å². The zero-order valence-electron chi connectivity index (χ0n) is 13.8. The Hall–Kier alpha value is -2.80. The number of hydrogen-bond donors (Lipinski definition) is 0. The van der Waals surface area contributed by atoms with Crippen LogP contribution in [-0.4, -0.2) is 14.5 Å². The van der Waals surface area contributed by atoms with Crippen LogP contribution in [0.25, 0.3) is 21.9 Å². The maximum absolute atomic E-state index is 12.8. The molecule has 3 heterocycles. The molecule has 0 N–H and O–H groups in total. The Morgan fingerprint density at radius 3 is 2.84 bits per heavy atom. The van der Waals surface area contributed by atoms with E-state index in [0.717, 1.165) is 20.8 Å². The van der Waals surface area contributed by atoms with Gasteiger partial charge in [0, 0.05) is 17.5 Å². The third kappa shape index (κ3) is 2.39. The van der Waals surface area contributed by atoms with Gasteiger partial charge in [0.05, 0.1) is 15.9 Å². The predicted octanol–water partition coefficient (Wildman–Crippen LogP) is 3.93. The summed E-state index contributed by atoms with van der Waals surface area (Å²) in [5.74, 6) is 0.622. The van der Waals surface area contributed by atoms with Gasteiger partial charge in [0.25, 0.3) is 11.2 Å². The second-order valence-electron chi connectivity index (χ2n) is 6.09. The number of rotatable bonds is 2. The average Bonchev–Trinajstić information content (AvgIpc) is 3.10. The van der Waals surface area contributed by atoms with Gasteiger partial charge in [-0.15, -0.1) is 11.3 Å². The van der Waals surface area contributed by atoms with Crippen LogP contribution in [0.1, 0.15) is 28.2 Å². The number of nitrogens with zero attached hydrogens (tertiary/aromatic N) is 3. The molecule has 6 nitrogen and oxygen atoms in total. The summed E-state index contributed by atoms with van der Waals surface area (Å²) in [6.45, 7) is 4.49. The summed E-state index contributed by atoms with van der Waals surface area (Å²) in [7, 11) is 0. The molecule has 1 aliphatic rings. The number of para-hydroxylation sites is 1. The number of nitro groups is 1. The second-order valence-corrected chi connectivity index (χ2v) is 7.29. The molecule has 0 saturated carbocycles. The molecule has 0 unspecified atom stereocenters. The van der Waals surface area contributed by atoms with E-state index in [1.54, 1.807) is 28.8 Å². The van der Waals surface area contributed by atoms with Crippen molar-refractivity contribution >= 4 is 38.9 Å². The van der Waals surface area contributed by atoms with E-state index in [1.807, 2.05) is 13.8 Å². The van der Waals surface area contributed by atoms with Gasteiger partial charge in [-0.25, -0.2) is 4.98 Å². The molecule has 1 aliphatic heterocycles. The molecule has 3 aromatic rings. The Morgan fingerprint density at radius 1 is 1.32 bits per heavy atom. The molecule has 126 valence electrons. The van der Waals surface area contributed by atoms with E-state index in [2.05, 4.69) is 0 Å². The minimum Gasteiger partial charge on any atom is -0.292 e. The molecule has 4 rings (SSSR count). The minimum absolute atomic E-state index is 0.0205. The summed E-state index contributed by atoms with van der Waals surface area (Å²) in [4.78, 5) is 30.2. The molecule has 0 aliphatic carbocycles. The summed E-state index contributed by atoms with van der Waals surface area (Å²) in [5.41, 5.74) is 2.41. The van der Waals surface area contributed by atoms with Crippen molar-refractivity contribution < 1.29 is 4.92 Å². The third-order valence-electron chi connectivity index (χ3n) is 4.64. The standard InChI is InChI=1S/C18H15N3O3S/c1-10-11(2)25-17-15(10)18(22)20-8-7-13(16(20)19-17)9-12-5-3-4-6-14(12)21(23)24/h3-6,9H,7-8H2,1-2H3/b13-9-. The maximum atomic E-state index is 12.8. The van der Waals surface area contributed by atoms with E-state index in [0.29, 0.717) is 29.7 Å². The molecule has 0 spiro atoms. The molecular formula is C18H15N3O3S. The Kier molecular flexibility index (Phi) is 3.54. The molecular weight excluding hydrogens is 338 g/mol. The van der Waals surface area contributed by atoms with E-state index in [4.69, 9.17) is 4.98 Å². The lowest BCUT2D eigenvalue weighted by Crippen LogP contribution is -2.20. The first-order chi connectivity index (χ1) is 12.0. The van der Waals surface area contributed by atoms with Crippen molar-refractivity contribution in [3.8, 4) is 0 Å². The SMILES string of the molecule is Cc1sc2nc3n(c(=O)c2c1C)CC/C3=C/c1ccccc1[N+](=O)[O-]. The summed E-state index contributed by atoms with van der Waals surface area (Å²) in [6, 6.07) is 6.61. The van der Waals surface area contributed by atoms with Gasteiger partial charge in [-0.1, -0.05) is 12.1 Å². The van der Waals surface area contributed by atoms with Crippen molar-refractivity contribution in [1.29, 1.82) is 0 Å². The van der Waals surface area contributed by atoms with Gasteiger partial charge in [-0.2, -0.15) is 0 Å². The quantitative estimate of drug-likeness (QED) is 0.516. The Balaban J connectivity index is 1.92. The molecule has 7 heteroatoms. The van der Waals surface area contributed by atoms with Crippen molar-refractivity contribution in [2.24, 2.45) is 0 Å². The van der Waals surface area contributed by atoms with Crippen molar-refractivity contribution in [2.45, 2.75) is 26.8 Å². The smallest absolute Gasteiger partial charge is 0.276 e. The molecule has 1 aromatic carbocycles. The number of benzene rings is 1. The van der Waals surface area contributed by atoms with Crippen LogP contribution < -0.4 is 5.56 Å². The van der Waals surface area contributed by atoms with E-state index in [9.17, 15) is 14.9 Å². The monoisotopic (exact) mass is 353 g/mol. The topological polar surface area (TPSA) is 78.0 Å². The van der Waals surface area contributed by atoms with Crippen LogP contribution in [0.4, 0.5) is 5.69 Å². The highest BCUT2D eigenvalue weighted by atomic mass is 32.1. The largest absolute Gasteiger partial charge is 0.292 e. The zero-order valence-corrected chi connectivity index (χ0v) is 14.6. The van der Waals surface area contributed by atoms with Crippen LogP contribution >= 0.6 is 11.3 Å². The number of nitro benzene ring substituents is 1. The van der Waals surface area contributed by atoms with Gasteiger partial charge in [-0.05, 0) is 43.5 Å². The van der Waals surface area contributed by atoms with Crippen molar-refractivity contribution in [3.05, 3.63) is 66.6 Å². The van der Waals surface area contributed by atoms with Crippen LogP contribution in [-0.2, 0) is 6.54 Å². The number of thiophene rings is 1. The first-order valence-corrected chi connectivity index (χ1v) is 8.74. The molecule has 25 heavy (non-hydrogen) atoms. The number of hydrogen-bond acceptors (Lipinski definition) is 5. The fourth-order valence-corrected chi connectivity index (χ4v) is 4.24. The highest BCUT2D eigenvalue weighted by Gasteiger charge is 2.24. The minimum atomic E-state index is -0.392. The van der Waals surface area contributed by atoms with Gasteiger partial charge in [0.15, 0.2) is 0 Å².